The number of thioether (sulfide) groups is 1. The maximum atomic E-state index is 12.6. The summed E-state index contributed by atoms with van der Waals surface area (Å²) in [6.45, 7) is 3.92. The minimum atomic E-state index is -1.06. The first kappa shape index (κ1) is 14.9. The molecule has 1 amide bonds. The molecule has 3 rings (SSSR count). The maximum absolute atomic E-state index is 12.6. The van der Waals surface area contributed by atoms with Crippen molar-refractivity contribution in [3.8, 4) is 6.07 Å². The van der Waals surface area contributed by atoms with Gasteiger partial charge in [-0.05, 0) is 26.0 Å². The molecule has 0 bridgehead atoms. The van der Waals surface area contributed by atoms with Crippen LogP contribution < -0.4 is 0 Å². The summed E-state index contributed by atoms with van der Waals surface area (Å²) in [6.07, 6.45) is 0.881. The van der Waals surface area contributed by atoms with Gasteiger partial charge in [0.05, 0.1) is 6.07 Å². The topological polar surface area (TPSA) is 69.3 Å². The van der Waals surface area contributed by atoms with Crippen LogP contribution in [0, 0.1) is 11.3 Å². The van der Waals surface area contributed by atoms with Gasteiger partial charge in [0, 0.05) is 23.7 Å². The number of hydrogen-bond acceptors (Lipinski definition) is 4. The number of β-lactam (4-membered cyclic amide) rings is 1. The Morgan fingerprint density at radius 3 is 2.76 bits per heavy atom. The van der Waals surface area contributed by atoms with E-state index in [1.807, 2.05) is 33.2 Å². The highest BCUT2D eigenvalue weighted by Crippen LogP contribution is 2.61. The van der Waals surface area contributed by atoms with Gasteiger partial charge < -0.3 is 14.6 Å². The molecule has 5 nitrogen and oxygen atoms in total. The Labute approximate surface area is 136 Å². The summed E-state index contributed by atoms with van der Waals surface area (Å²) in [5.74, 6) is -0.217. The van der Waals surface area contributed by atoms with Crippen LogP contribution in [-0.4, -0.2) is 41.0 Å². The Bertz CT molecular complexity index is 653. The number of amides is 1. The van der Waals surface area contributed by atoms with Crippen LogP contribution in [0.5, 0.6) is 0 Å². The van der Waals surface area contributed by atoms with Crippen molar-refractivity contribution in [2.45, 2.75) is 40.4 Å². The highest BCUT2D eigenvalue weighted by Gasteiger charge is 2.72. The van der Waals surface area contributed by atoms with Gasteiger partial charge in [0.15, 0.2) is 4.32 Å². The second-order valence-corrected chi connectivity index (χ2v) is 9.08. The Kier molecular flexibility index (Phi) is 3.21. The van der Waals surface area contributed by atoms with E-state index in [4.69, 9.17) is 0 Å². The molecule has 0 aliphatic carbocycles. The van der Waals surface area contributed by atoms with E-state index in [1.165, 1.54) is 0 Å². The molecule has 2 saturated heterocycles. The number of fused-ring (bicyclic) bond motifs is 1. The molecule has 2 fully saturated rings. The lowest BCUT2D eigenvalue weighted by Gasteiger charge is -2.51. The average molecular weight is 370 g/mol. The molecule has 0 spiro atoms. The summed E-state index contributed by atoms with van der Waals surface area (Å²) in [7, 11) is 1.83. The van der Waals surface area contributed by atoms with Crippen molar-refractivity contribution >= 4 is 33.6 Å². The number of halogens is 1. The smallest absolute Gasteiger partial charge is 0.247 e. The van der Waals surface area contributed by atoms with Crippen molar-refractivity contribution in [2.75, 3.05) is 0 Å². The van der Waals surface area contributed by atoms with Gasteiger partial charge in [-0.1, -0.05) is 15.9 Å². The molecule has 7 heteroatoms. The maximum Gasteiger partial charge on any atom is 0.247 e. The molecule has 0 saturated carbocycles. The number of rotatable bonds is 2. The lowest BCUT2D eigenvalue weighted by molar-refractivity contribution is -0.153. The number of aryl methyl sites for hydroxylation is 1. The molecule has 1 aromatic rings. The minimum absolute atomic E-state index is 0.217. The molecule has 21 heavy (non-hydrogen) atoms. The Morgan fingerprint density at radius 1 is 1.57 bits per heavy atom. The standard InChI is InChI=1S/C14H16BrN3O2S/c1-13(2)9(7-16)18-11(20)14(15,12(18)21-13)10(19)8-5-4-6-17(8)3/h4-6,9-10,12,19H,1-3H3/t9-,10?,12+,14+/m0/s1. The monoisotopic (exact) mass is 369 g/mol. The highest BCUT2D eigenvalue weighted by molar-refractivity contribution is 9.10. The zero-order chi connectivity index (χ0) is 15.6. The average Bonchev–Trinajstić information content (AvgIpc) is 2.96. The largest absolute Gasteiger partial charge is 0.385 e. The third kappa shape index (κ3) is 1.76. The molecule has 1 unspecified atom stereocenters. The van der Waals surface area contributed by atoms with Crippen molar-refractivity contribution in [2.24, 2.45) is 7.05 Å². The number of aliphatic hydroxyl groups is 1. The van der Waals surface area contributed by atoms with Crippen molar-refractivity contribution < 1.29 is 9.90 Å². The van der Waals surface area contributed by atoms with E-state index in [1.54, 1.807) is 27.3 Å². The number of hydrogen-bond donors (Lipinski definition) is 1. The third-order valence-electron chi connectivity index (χ3n) is 4.31. The van der Waals surface area contributed by atoms with Crippen molar-refractivity contribution in [3.05, 3.63) is 24.0 Å². The second-order valence-electron chi connectivity index (χ2n) is 6.03. The molecule has 3 heterocycles. The summed E-state index contributed by atoms with van der Waals surface area (Å²) >= 11 is 5.04. The predicted molar refractivity (Wildman–Crippen MR) is 83.7 cm³/mol. The molecule has 2 aliphatic heterocycles. The quantitative estimate of drug-likeness (QED) is 0.637. The lowest BCUT2D eigenvalue weighted by atomic mass is 9.86. The molecule has 1 aromatic heterocycles. The van der Waals surface area contributed by atoms with Crippen LogP contribution in [0.25, 0.3) is 0 Å². The van der Waals surface area contributed by atoms with E-state index >= 15 is 0 Å². The first-order valence-corrected chi connectivity index (χ1v) is 8.31. The normalized spacial score (nSPS) is 35.0. The number of carbonyl (C=O) groups is 1. The van der Waals surface area contributed by atoms with Gasteiger partial charge in [0.1, 0.15) is 17.5 Å². The molecular formula is C14H16BrN3O2S. The summed E-state index contributed by atoms with van der Waals surface area (Å²) in [4.78, 5) is 14.2. The van der Waals surface area contributed by atoms with Crippen LogP contribution in [0.2, 0.25) is 0 Å². The summed E-state index contributed by atoms with van der Waals surface area (Å²) in [5, 5.41) is 19.8. The highest BCUT2D eigenvalue weighted by atomic mass is 79.9. The SMILES string of the molecule is Cn1cccc1C(O)[C@@]1(Br)C(=O)N2[C@@H](C#N)C(C)(C)S[C@@H]21. The van der Waals surface area contributed by atoms with Crippen molar-refractivity contribution in [1.82, 2.24) is 9.47 Å². The van der Waals surface area contributed by atoms with Crippen molar-refractivity contribution in [3.63, 3.8) is 0 Å². The Balaban J connectivity index is 1.97. The third-order valence-corrected chi connectivity index (χ3v) is 7.47. The number of carbonyl (C=O) groups excluding carboxylic acids is 1. The van der Waals surface area contributed by atoms with Crippen LogP contribution in [0.15, 0.2) is 18.3 Å². The molecule has 1 N–H and O–H groups in total. The second kappa shape index (κ2) is 4.51. The summed E-state index contributed by atoms with van der Waals surface area (Å²) in [5.41, 5.74) is 0.679. The van der Waals surface area contributed by atoms with Crippen molar-refractivity contribution in [1.29, 1.82) is 5.26 Å². The number of nitrogens with zero attached hydrogens (tertiary/aromatic N) is 3. The minimum Gasteiger partial charge on any atom is -0.385 e. The van der Waals surface area contributed by atoms with E-state index in [0.717, 1.165) is 0 Å². The number of aromatic nitrogens is 1. The van der Waals surface area contributed by atoms with Gasteiger partial charge in [-0.3, -0.25) is 4.79 Å². The number of nitriles is 1. The van der Waals surface area contributed by atoms with E-state index in [9.17, 15) is 15.2 Å². The van der Waals surface area contributed by atoms with E-state index in [-0.39, 0.29) is 16.0 Å². The van der Waals surface area contributed by atoms with E-state index in [2.05, 4.69) is 22.0 Å². The molecule has 2 aliphatic rings. The molecule has 4 atom stereocenters. The molecular weight excluding hydrogens is 354 g/mol. The fourth-order valence-electron chi connectivity index (χ4n) is 3.07. The van der Waals surface area contributed by atoms with Gasteiger partial charge in [-0.15, -0.1) is 11.8 Å². The molecule has 0 aromatic carbocycles. The number of aliphatic hydroxyl groups excluding tert-OH is 1. The van der Waals surface area contributed by atoms with Crippen LogP contribution in [-0.2, 0) is 11.8 Å². The van der Waals surface area contributed by atoms with Gasteiger partial charge in [-0.25, -0.2) is 0 Å². The van der Waals surface area contributed by atoms with Crippen LogP contribution in [0.1, 0.15) is 25.6 Å². The number of alkyl halides is 1. The first-order valence-electron chi connectivity index (χ1n) is 6.63. The zero-order valence-corrected chi connectivity index (χ0v) is 14.3. The predicted octanol–water partition coefficient (Wildman–Crippen LogP) is 1.78. The Morgan fingerprint density at radius 2 is 2.24 bits per heavy atom. The van der Waals surface area contributed by atoms with Crippen LogP contribution >= 0.6 is 27.7 Å². The van der Waals surface area contributed by atoms with E-state index < -0.39 is 16.5 Å². The summed E-state index contributed by atoms with van der Waals surface area (Å²) < 4.78 is 0.390. The fraction of sp³-hybridized carbons (Fsp3) is 0.571. The van der Waals surface area contributed by atoms with Gasteiger partial charge in [0.25, 0.3) is 0 Å². The summed E-state index contributed by atoms with van der Waals surface area (Å²) in [6, 6.07) is 5.38. The fourth-order valence-corrected chi connectivity index (χ4v) is 5.61. The van der Waals surface area contributed by atoms with Gasteiger partial charge in [-0.2, -0.15) is 5.26 Å². The van der Waals surface area contributed by atoms with E-state index in [0.29, 0.717) is 5.69 Å². The van der Waals surface area contributed by atoms with Crippen LogP contribution in [0.3, 0.4) is 0 Å². The van der Waals surface area contributed by atoms with Gasteiger partial charge in [0.2, 0.25) is 5.91 Å². The molecule has 112 valence electrons. The van der Waals surface area contributed by atoms with Crippen LogP contribution in [0.4, 0.5) is 0 Å². The Hall–Kier alpha value is -0.970. The molecule has 0 radical (unpaired) electrons. The lowest BCUT2D eigenvalue weighted by Crippen LogP contribution is -2.71. The zero-order valence-electron chi connectivity index (χ0n) is 11.9. The van der Waals surface area contributed by atoms with Gasteiger partial charge >= 0.3 is 0 Å². The first-order chi connectivity index (χ1) is 9.75.